The second kappa shape index (κ2) is 6.10. The van der Waals surface area contributed by atoms with Crippen LogP contribution in [0.2, 0.25) is 0 Å². The largest absolute Gasteiger partial charge is 0.487 e. The number of nitrogens with zero attached hydrogens (tertiary/aromatic N) is 2. The lowest BCUT2D eigenvalue weighted by molar-refractivity contribution is -0.124. The number of nitrogen functional groups attached to an aromatic ring is 1. The Morgan fingerprint density at radius 3 is 3.16 bits per heavy atom. The van der Waals surface area contributed by atoms with Gasteiger partial charge in [-0.1, -0.05) is 0 Å². The van der Waals surface area contributed by atoms with Gasteiger partial charge < -0.3 is 20.7 Å². The normalized spacial score (nSPS) is 19.3. The first-order valence-corrected chi connectivity index (χ1v) is 7.29. The second-order valence-electron chi connectivity index (χ2n) is 4.53. The molecule has 3 N–H and O–H groups in total. The molecule has 1 amide bonds. The van der Waals surface area contributed by atoms with Gasteiger partial charge in [0.1, 0.15) is 0 Å². The van der Waals surface area contributed by atoms with Crippen LogP contribution < -0.4 is 20.7 Å². The van der Waals surface area contributed by atoms with Crippen molar-refractivity contribution in [2.24, 2.45) is 5.92 Å². The molecule has 1 aliphatic rings. The SMILES string of the molecule is CCOc1c(N)nsc1N1CCCC(C(=O)NC)C1. The number of nitrogens with two attached hydrogens (primary N) is 1. The van der Waals surface area contributed by atoms with Crippen molar-refractivity contribution in [3.63, 3.8) is 0 Å². The van der Waals surface area contributed by atoms with Gasteiger partial charge in [-0.3, -0.25) is 4.79 Å². The number of amides is 1. The Morgan fingerprint density at radius 1 is 1.68 bits per heavy atom. The zero-order chi connectivity index (χ0) is 13.8. The Balaban J connectivity index is 2.15. The first-order chi connectivity index (χ1) is 9.17. The van der Waals surface area contributed by atoms with Crippen molar-refractivity contribution in [3.05, 3.63) is 0 Å². The number of hydrogen-bond donors (Lipinski definition) is 2. The molecule has 0 aromatic carbocycles. The van der Waals surface area contributed by atoms with Gasteiger partial charge in [-0.25, -0.2) is 0 Å². The molecule has 6 nitrogen and oxygen atoms in total. The highest BCUT2D eigenvalue weighted by Crippen LogP contribution is 2.39. The van der Waals surface area contributed by atoms with Crippen molar-refractivity contribution in [2.75, 3.05) is 37.4 Å². The summed E-state index contributed by atoms with van der Waals surface area (Å²) in [5, 5.41) is 3.66. The number of nitrogens with one attached hydrogen (secondary N) is 1. The lowest BCUT2D eigenvalue weighted by Gasteiger charge is -2.32. The lowest BCUT2D eigenvalue weighted by atomic mass is 9.97. The number of anilines is 2. The van der Waals surface area contributed by atoms with Gasteiger partial charge in [0.15, 0.2) is 16.6 Å². The number of rotatable bonds is 4. The predicted molar refractivity (Wildman–Crippen MR) is 76.7 cm³/mol. The highest BCUT2D eigenvalue weighted by atomic mass is 32.1. The van der Waals surface area contributed by atoms with Crippen LogP contribution in [0.3, 0.4) is 0 Å². The molecule has 2 heterocycles. The first kappa shape index (κ1) is 13.9. The van der Waals surface area contributed by atoms with Gasteiger partial charge in [-0.05, 0) is 31.3 Å². The molecule has 0 saturated carbocycles. The maximum Gasteiger partial charge on any atom is 0.224 e. The quantitative estimate of drug-likeness (QED) is 0.865. The molecule has 106 valence electrons. The van der Waals surface area contributed by atoms with Crippen LogP contribution in [0.1, 0.15) is 19.8 Å². The zero-order valence-electron chi connectivity index (χ0n) is 11.3. The molecule has 1 fully saturated rings. The van der Waals surface area contributed by atoms with Crippen molar-refractivity contribution < 1.29 is 9.53 Å². The van der Waals surface area contributed by atoms with E-state index in [4.69, 9.17) is 10.5 Å². The third kappa shape index (κ3) is 2.91. The minimum Gasteiger partial charge on any atom is -0.487 e. The average Bonchev–Trinajstić information content (AvgIpc) is 2.80. The molecule has 1 aliphatic heterocycles. The average molecular weight is 284 g/mol. The molecule has 1 saturated heterocycles. The Hall–Kier alpha value is -1.50. The summed E-state index contributed by atoms with van der Waals surface area (Å²) in [4.78, 5) is 13.9. The van der Waals surface area contributed by atoms with Gasteiger partial charge in [0.2, 0.25) is 5.91 Å². The van der Waals surface area contributed by atoms with Gasteiger partial charge in [0.05, 0.1) is 12.5 Å². The monoisotopic (exact) mass is 284 g/mol. The van der Waals surface area contributed by atoms with E-state index in [0.29, 0.717) is 24.7 Å². The van der Waals surface area contributed by atoms with E-state index in [-0.39, 0.29) is 11.8 Å². The van der Waals surface area contributed by atoms with E-state index in [1.165, 1.54) is 11.5 Å². The van der Waals surface area contributed by atoms with E-state index in [0.717, 1.165) is 24.4 Å². The van der Waals surface area contributed by atoms with Crippen molar-refractivity contribution in [1.82, 2.24) is 9.69 Å². The number of piperidine rings is 1. The molecule has 0 radical (unpaired) electrons. The molecular formula is C12H20N4O2S. The van der Waals surface area contributed by atoms with Crippen LogP contribution in [-0.2, 0) is 4.79 Å². The fraction of sp³-hybridized carbons (Fsp3) is 0.667. The maximum atomic E-state index is 11.8. The highest BCUT2D eigenvalue weighted by molar-refractivity contribution is 7.11. The van der Waals surface area contributed by atoms with Crippen LogP contribution in [0.15, 0.2) is 0 Å². The van der Waals surface area contributed by atoms with Gasteiger partial charge in [-0.15, -0.1) is 0 Å². The fourth-order valence-electron chi connectivity index (χ4n) is 2.35. The fourth-order valence-corrected chi connectivity index (χ4v) is 3.14. The van der Waals surface area contributed by atoms with Crippen LogP contribution in [0.25, 0.3) is 0 Å². The van der Waals surface area contributed by atoms with E-state index >= 15 is 0 Å². The van der Waals surface area contributed by atoms with Crippen LogP contribution in [0.5, 0.6) is 5.75 Å². The minimum absolute atomic E-state index is 0.0246. The van der Waals surface area contributed by atoms with Crippen molar-refractivity contribution in [1.29, 1.82) is 0 Å². The van der Waals surface area contributed by atoms with Crippen LogP contribution in [0.4, 0.5) is 10.8 Å². The van der Waals surface area contributed by atoms with E-state index in [1.54, 1.807) is 7.05 Å². The molecule has 2 rings (SSSR count). The molecule has 7 heteroatoms. The Morgan fingerprint density at radius 2 is 2.47 bits per heavy atom. The number of carbonyl (C=O) groups is 1. The summed E-state index contributed by atoms with van der Waals surface area (Å²) in [5.41, 5.74) is 5.82. The molecular weight excluding hydrogens is 264 g/mol. The van der Waals surface area contributed by atoms with Gasteiger partial charge in [0, 0.05) is 20.1 Å². The predicted octanol–water partition coefficient (Wildman–Crippen LogP) is 1.09. The zero-order valence-corrected chi connectivity index (χ0v) is 12.1. The Labute approximate surface area is 117 Å². The summed E-state index contributed by atoms with van der Waals surface area (Å²) >= 11 is 1.34. The lowest BCUT2D eigenvalue weighted by Crippen LogP contribution is -2.42. The highest BCUT2D eigenvalue weighted by Gasteiger charge is 2.28. The summed E-state index contributed by atoms with van der Waals surface area (Å²) in [6.07, 6.45) is 1.91. The maximum absolute atomic E-state index is 11.8. The Bertz CT molecular complexity index is 449. The van der Waals surface area contributed by atoms with Crippen molar-refractivity contribution >= 4 is 28.3 Å². The number of hydrogen-bond acceptors (Lipinski definition) is 6. The number of carbonyl (C=O) groups excluding carboxylic acids is 1. The molecule has 0 bridgehead atoms. The van der Waals surface area contributed by atoms with E-state index in [1.807, 2.05) is 6.92 Å². The van der Waals surface area contributed by atoms with E-state index in [9.17, 15) is 4.79 Å². The summed E-state index contributed by atoms with van der Waals surface area (Å²) in [5.74, 6) is 1.21. The molecule has 1 atom stereocenters. The van der Waals surface area contributed by atoms with Gasteiger partial charge >= 0.3 is 0 Å². The molecule has 1 unspecified atom stereocenters. The third-order valence-corrected chi connectivity index (χ3v) is 4.18. The van der Waals surface area contributed by atoms with Crippen molar-refractivity contribution in [2.45, 2.75) is 19.8 Å². The molecule has 19 heavy (non-hydrogen) atoms. The molecule has 1 aromatic rings. The van der Waals surface area contributed by atoms with Gasteiger partial charge in [-0.2, -0.15) is 4.37 Å². The van der Waals surface area contributed by atoms with Crippen LogP contribution in [0, 0.1) is 5.92 Å². The number of aromatic nitrogens is 1. The number of ether oxygens (including phenoxy) is 1. The van der Waals surface area contributed by atoms with Gasteiger partial charge in [0.25, 0.3) is 0 Å². The van der Waals surface area contributed by atoms with Crippen LogP contribution >= 0.6 is 11.5 Å². The molecule has 0 spiro atoms. The smallest absolute Gasteiger partial charge is 0.224 e. The topological polar surface area (TPSA) is 80.5 Å². The van der Waals surface area contributed by atoms with Crippen LogP contribution in [-0.4, -0.2) is 37.0 Å². The Kier molecular flexibility index (Phi) is 4.47. The third-order valence-electron chi connectivity index (χ3n) is 3.27. The summed E-state index contributed by atoms with van der Waals surface area (Å²) in [6.45, 7) is 4.09. The van der Waals surface area contributed by atoms with E-state index in [2.05, 4.69) is 14.6 Å². The molecule has 1 aromatic heterocycles. The standard InChI is InChI=1S/C12H20N4O2S/c1-3-18-9-10(13)15-19-12(9)16-6-4-5-8(7-16)11(17)14-2/h8H,3-7H2,1-2H3,(H2,13,15)(H,14,17). The summed E-state index contributed by atoms with van der Waals surface area (Å²) in [6, 6.07) is 0. The minimum atomic E-state index is 0.0246. The summed E-state index contributed by atoms with van der Waals surface area (Å²) < 4.78 is 9.72. The summed E-state index contributed by atoms with van der Waals surface area (Å²) in [7, 11) is 1.68. The molecule has 0 aliphatic carbocycles. The van der Waals surface area contributed by atoms with E-state index < -0.39 is 0 Å². The first-order valence-electron chi connectivity index (χ1n) is 6.51. The van der Waals surface area contributed by atoms with Crippen molar-refractivity contribution in [3.8, 4) is 5.75 Å². The second-order valence-corrected chi connectivity index (χ2v) is 5.29.